The normalized spacial score (nSPS) is 11.8. The van der Waals surface area contributed by atoms with Crippen molar-refractivity contribution in [2.45, 2.75) is 12.8 Å². The molecule has 0 atom stereocenters. The summed E-state index contributed by atoms with van der Waals surface area (Å²) in [6.45, 7) is 0. The van der Waals surface area contributed by atoms with Gasteiger partial charge in [0.2, 0.25) is 0 Å². The van der Waals surface area contributed by atoms with Crippen LogP contribution in [0.25, 0.3) is 21.5 Å². The summed E-state index contributed by atoms with van der Waals surface area (Å²) in [6, 6.07) is 14.4. The third-order valence-corrected chi connectivity index (χ3v) is 5.77. The zero-order valence-electron chi connectivity index (χ0n) is 15.7. The van der Waals surface area contributed by atoms with Gasteiger partial charge in [0.1, 0.15) is 0 Å². The van der Waals surface area contributed by atoms with Gasteiger partial charge in [-0.25, -0.2) is 16.8 Å². The Bertz CT molecular complexity index is 1040. The van der Waals surface area contributed by atoms with Crippen LogP contribution in [-0.2, 0) is 33.1 Å². The largest absolute Gasteiger partial charge is 1.00 e. The molecule has 3 rings (SSSR count). The van der Waals surface area contributed by atoms with Gasteiger partial charge in [0, 0.05) is 11.5 Å². The molecule has 0 aliphatic rings. The first kappa shape index (κ1) is 26.0. The number of rotatable bonds is 6. The Kier molecular flexibility index (Phi) is 9.62. The van der Waals surface area contributed by atoms with Gasteiger partial charge in [0.15, 0.2) is 0 Å². The van der Waals surface area contributed by atoms with Crippen LogP contribution in [-0.4, -0.2) is 37.4 Å². The summed E-state index contributed by atoms with van der Waals surface area (Å²) >= 11 is 0. The van der Waals surface area contributed by atoms with Crippen molar-refractivity contribution in [3.8, 4) is 0 Å². The van der Waals surface area contributed by atoms with Crippen LogP contribution < -0.4 is 59.1 Å². The van der Waals surface area contributed by atoms with Crippen LogP contribution in [0.1, 0.15) is 11.1 Å². The van der Waals surface area contributed by atoms with Crippen molar-refractivity contribution in [1.82, 2.24) is 0 Å². The van der Waals surface area contributed by atoms with Crippen LogP contribution in [0.2, 0.25) is 0 Å². The van der Waals surface area contributed by atoms with Crippen LogP contribution in [0.15, 0.2) is 48.5 Å². The molecule has 0 fully saturated rings. The van der Waals surface area contributed by atoms with E-state index in [2.05, 4.69) is 0 Å². The molecule has 0 bridgehead atoms. The molecular weight excluding hydrogens is 422 g/mol. The minimum absolute atomic E-state index is 0. The third kappa shape index (κ3) is 6.50. The quantitative estimate of drug-likeness (QED) is 0.221. The van der Waals surface area contributed by atoms with Crippen molar-refractivity contribution in [2.75, 3.05) is 11.5 Å². The first-order chi connectivity index (χ1) is 12.2. The van der Waals surface area contributed by atoms with Crippen LogP contribution in [0.4, 0.5) is 0 Å². The van der Waals surface area contributed by atoms with E-state index < -0.39 is 31.7 Å². The molecule has 0 aliphatic heterocycles. The smallest absolute Gasteiger partial charge is 0.748 e. The number of hydrogen-bond acceptors (Lipinski definition) is 6. The summed E-state index contributed by atoms with van der Waals surface area (Å²) in [5.41, 5.74) is 1.45. The number of aryl methyl sites for hydroxylation is 2. The van der Waals surface area contributed by atoms with Crippen molar-refractivity contribution in [3.63, 3.8) is 0 Å². The van der Waals surface area contributed by atoms with E-state index in [0.29, 0.717) is 0 Å². The van der Waals surface area contributed by atoms with Crippen LogP contribution in [0.3, 0.4) is 0 Å². The van der Waals surface area contributed by atoms with Gasteiger partial charge in [-0.15, -0.1) is 0 Å². The van der Waals surface area contributed by atoms with Gasteiger partial charge in [-0.2, -0.15) is 0 Å². The second-order valence-electron chi connectivity index (χ2n) is 6.07. The maximum atomic E-state index is 11.1. The van der Waals surface area contributed by atoms with Crippen molar-refractivity contribution in [2.24, 2.45) is 0 Å². The number of hydrogen-bond donors (Lipinski definition) is 0. The van der Waals surface area contributed by atoms with Gasteiger partial charge in [-0.1, -0.05) is 48.5 Å². The van der Waals surface area contributed by atoms with Gasteiger partial charge >= 0.3 is 59.1 Å². The van der Waals surface area contributed by atoms with Crippen molar-refractivity contribution in [1.29, 1.82) is 0 Å². The molecule has 0 N–H and O–H groups in total. The van der Waals surface area contributed by atoms with E-state index in [1.165, 1.54) is 0 Å². The maximum Gasteiger partial charge on any atom is 1.00 e. The molecule has 3 aromatic carbocycles. The number of benzene rings is 3. The van der Waals surface area contributed by atoms with Crippen molar-refractivity contribution >= 4 is 41.8 Å². The van der Waals surface area contributed by atoms with E-state index in [1.807, 2.05) is 24.3 Å². The fourth-order valence-electron chi connectivity index (χ4n) is 3.30. The Morgan fingerprint density at radius 2 is 0.821 bits per heavy atom. The van der Waals surface area contributed by atoms with E-state index in [1.54, 1.807) is 24.3 Å². The average molecular weight is 438 g/mol. The summed E-state index contributed by atoms with van der Waals surface area (Å²) in [5.74, 6) is -1.04. The Balaban J connectivity index is 0.00000196. The minimum Gasteiger partial charge on any atom is -0.748 e. The second-order valence-corrected chi connectivity index (χ2v) is 9.12. The van der Waals surface area contributed by atoms with Gasteiger partial charge in [-0.3, -0.25) is 0 Å². The molecule has 0 aliphatic carbocycles. The van der Waals surface area contributed by atoms with Gasteiger partial charge in [-0.05, 0) is 45.5 Å². The molecule has 28 heavy (non-hydrogen) atoms. The Labute approximate surface area is 208 Å². The van der Waals surface area contributed by atoms with Crippen LogP contribution in [0, 0.1) is 0 Å². The summed E-state index contributed by atoms with van der Waals surface area (Å²) in [4.78, 5) is 0. The van der Waals surface area contributed by atoms with E-state index in [-0.39, 0.29) is 72.0 Å². The Hall–Kier alpha value is 0.000000000000000444. The number of fused-ring (bicyclic) bond motifs is 2. The molecule has 0 aromatic heterocycles. The minimum atomic E-state index is -4.37. The fourth-order valence-corrected chi connectivity index (χ4v) is 4.21. The summed E-state index contributed by atoms with van der Waals surface area (Å²) in [6.07, 6.45) is 0.125. The maximum absolute atomic E-state index is 11.1. The van der Waals surface area contributed by atoms with E-state index in [0.717, 1.165) is 32.7 Å². The molecule has 6 nitrogen and oxygen atoms in total. The monoisotopic (exact) mass is 438 g/mol. The molecule has 0 unspecified atom stereocenters. The molecule has 138 valence electrons. The summed E-state index contributed by atoms with van der Waals surface area (Å²) in [5, 5.41) is 3.03. The topological polar surface area (TPSA) is 114 Å². The zero-order valence-corrected chi connectivity index (χ0v) is 21.3. The third-order valence-electron chi connectivity index (χ3n) is 4.36. The van der Waals surface area contributed by atoms with Crippen LogP contribution in [0.5, 0.6) is 0 Å². The van der Waals surface area contributed by atoms with Crippen molar-refractivity contribution < 1.29 is 85.1 Å². The predicted octanol–water partition coefficient (Wildman–Crippen LogP) is -3.82. The molecule has 0 saturated carbocycles. The first-order valence-corrected chi connectivity index (χ1v) is 11.1. The Morgan fingerprint density at radius 1 is 0.571 bits per heavy atom. The SMILES string of the molecule is O=S(=O)([O-])CCc1c2ccccc2c(CCS(=O)(=O)[O-])c2ccccc12.[Na+].[Na+]. The standard InChI is InChI=1S/C18H18O6S2.2Na/c19-25(20,21)11-9-17-13-5-1-2-6-14(13)18(10-12-26(22,23)24)16-8-4-3-7-15(16)17;;/h1-8H,9-12H2,(H,19,20,21)(H,22,23,24);;/q;2*+1/p-2. The predicted molar refractivity (Wildman–Crippen MR) is 98.0 cm³/mol. The van der Waals surface area contributed by atoms with Gasteiger partial charge in [0.25, 0.3) is 0 Å². The molecule has 0 amide bonds. The molecule has 0 spiro atoms. The fraction of sp³-hybridized carbons (Fsp3) is 0.222. The molecule has 3 aromatic rings. The molecule has 0 heterocycles. The average Bonchev–Trinajstić information content (AvgIpc) is 2.56. The molecular formula is C18H16Na2O6S2. The zero-order chi connectivity index (χ0) is 18.9. The Morgan fingerprint density at radius 3 is 1.04 bits per heavy atom. The summed E-state index contributed by atoms with van der Waals surface area (Å²) < 4.78 is 66.6. The molecule has 10 heteroatoms. The molecule has 0 saturated heterocycles. The van der Waals surface area contributed by atoms with Gasteiger partial charge < -0.3 is 9.11 Å². The first-order valence-electron chi connectivity index (χ1n) is 7.94. The second kappa shape index (κ2) is 10.3. The molecule has 0 radical (unpaired) electrons. The summed E-state index contributed by atoms with van der Waals surface area (Å²) in [7, 11) is -8.74. The van der Waals surface area contributed by atoms with E-state index >= 15 is 0 Å². The van der Waals surface area contributed by atoms with Gasteiger partial charge in [0.05, 0.1) is 20.2 Å². The van der Waals surface area contributed by atoms with Crippen LogP contribution >= 0.6 is 0 Å². The van der Waals surface area contributed by atoms with E-state index in [9.17, 15) is 25.9 Å². The van der Waals surface area contributed by atoms with E-state index in [4.69, 9.17) is 0 Å². The van der Waals surface area contributed by atoms with Crippen molar-refractivity contribution in [3.05, 3.63) is 59.7 Å².